The van der Waals surface area contributed by atoms with Crippen LogP contribution in [0.25, 0.3) is 0 Å². The van der Waals surface area contributed by atoms with Gasteiger partial charge in [0.2, 0.25) is 0 Å². The second-order valence-corrected chi connectivity index (χ2v) is 4.66. The molecule has 2 heterocycles. The normalized spacial score (nSPS) is 29.5. The highest BCUT2D eigenvalue weighted by Gasteiger charge is 2.37. The molecular formula is C12H17N3. The van der Waals surface area contributed by atoms with Crippen molar-refractivity contribution in [2.24, 2.45) is 5.92 Å². The highest BCUT2D eigenvalue weighted by Crippen LogP contribution is 2.39. The first-order chi connectivity index (χ1) is 7.34. The fourth-order valence-corrected chi connectivity index (χ4v) is 3.12. The fourth-order valence-electron chi connectivity index (χ4n) is 3.12. The molecular weight excluding hydrogens is 186 g/mol. The van der Waals surface area contributed by atoms with E-state index in [1.165, 1.54) is 25.7 Å². The molecule has 1 saturated carbocycles. The maximum absolute atomic E-state index is 5.73. The Kier molecular flexibility index (Phi) is 2.04. The molecule has 1 aliphatic carbocycles. The molecule has 15 heavy (non-hydrogen) atoms. The molecule has 80 valence electrons. The lowest BCUT2D eigenvalue weighted by atomic mass is 10.0. The first-order valence-corrected chi connectivity index (χ1v) is 5.84. The number of pyridine rings is 1. The molecule has 3 rings (SSSR count). The Labute approximate surface area is 90.3 Å². The highest BCUT2D eigenvalue weighted by molar-refractivity contribution is 5.47. The molecule has 1 aliphatic heterocycles. The molecule has 1 aromatic heterocycles. The number of nitrogens with two attached hydrogens (primary N) is 1. The van der Waals surface area contributed by atoms with Gasteiger partial charge in [0.25, 0.3) is 0 Å². The van der Waals surface area contributed by atoms with Crippen LogP contribution in [0.3, 0.4) is 0 Å². The van der Waals surface area contributed by atoms with Crippen LogP contribution >= 0.6 is 0 Å². The van der Waals surface area contributed by atoms with E-state index >= 15 is 0 Å². The van der Waals surface area contributed by atoms with Crippen LogP contribution in [0, 0.1) is 5.92 Å². The summed E-state index contributed by atoms with van der Waals surface area (Å²) in [5.41, 5.74) is 5.73. The second kappa shape index (κ2) is 3.40. The summed E-state index contributed by atoms with van der Waals surface area (Å²) >= 11 is 0. The number of anilines is 2. The zero-order valence-corrected chi connectivity index (χ0v) is 8.89. The van der Waals surface area contributed by atoms with Crippen LogP contribution in [0.15, 0.2) is 18.2 Å². The van der Waals surface area contributed by atoms with Gasteiger partial charge in [-0.2, -0.15) is 0 Å². The van der Waals surface area contributed by atoms with E-state index in [2.05, 4.69) is 16.0 Å². The Balaban J connectivity index is 1.88. The maximum Gasteiger partial charge on any atom is 0.131 e. The van der Waals surface area contributed by atoms with Crippen molar-refractivity contribution in [3.63, 3.8) is 0 Å². The molecule has 2 atom stereocenters. The van der Waals surface area contributed by atoms with Crippen molar-refractivity contribution in [2.75, 3.05) is 17.2 Å². The van der Waals surface area contributed by atoms with Crippen molar-refractivity contribution in [2.45, 2.75) is 31.7 Å². The third-order valence-corrected chi connectivity index (χ3v) is 3.81. The minimum absolute atomic E-state index is 0.633. The van der Waals surface area contributed by atoms with E-state index in [4.69, 9.17) is 5.73 Å². The summed E-state index contributed by atoms with van der Waals surface area (Å²) in [7, 11) is 0. The lowest BCUT2D eigenvalue weighted by molar-refractivity contribution is 0.540. The van der Waals surface area contributed by atoms with E-state index < -0.39 is 0 Å². The molecule has 2 unspecified atom stereocenters. The van der Waals surface area contributed by atoms with Gasteiger partial charge in [-0.25, -0.2) is 4.98 Å². The van der Waals surface area contributed by atoms with Crippen LogP contribution in [0.2, 0.25) is 0 Å². The molecule has 3 nitrogen and oxygen atoms in total. The molecule has 2 aliphatic rings. The largest absolute Gasteiger partial charge is 0.384 e. The molecule has 2 N–H and O–H groups in total. The van der Waals surface area contributed by atoms with Crippen LogP contribution in [-0.4, -0.2) is 17.6 Å². The van der Waals surface area contributed by atoms with Crippen LogP contribution in [0.4, 0.5) is 11.6 Å². The predicted octanol–water partition coefficient (Wildman–Crippen LogP) is 2.04. The van der Waals surface area contributed by atoms with Gasteiger partial charge in [-0.05, 0) is 37.3 Å². The van der Waals surface area contributed by atoms with Crippen molar-refractivity contribution in [1.82, 2.24) is 4.98 Å². The van der Waals surface area contributed by atoms with Gasteiger partial charge in [-0.1, -0.05) is 12.5 Å². The Bertz CT molecular complexity index is 364. The number of hydrogen-bond donors (Lipinski definition) is 1. The van der Waals surface area contributed by atoms with Gasteiger partial charge in [0, 0.05) is 12.6 Å². The number of nitrogen functional groups attached to an aromatic ring is 1. The molecule has 0 amide bonds. The lowest BCUT2D eigenvalue weighted by Gasteiger charge is -2.25. The summed E-state index contributed by atoms with van der Waals surface area (Å²) in [5, 5.41) is 0. The van der Waals surface area contributed by atoms with Crippen molar-refractivity contribution in [3.05, 3.63) is 18.2 Å². The van der Waals surface area contributed by atoms with E-state index in [1.807, 2.05) is 12.1 Å². The SMILES string of the molecule is Nc1cccc(N2CCC3CCCC32)n1. The van der Waals surface area contributed by atoms with Crippen molar-refractivity contribution < 1.29 is 0 Å². The zero-order valence-electron chi connectivity index (χ0n) is 8.89. The first kappa shape index (κ1) is 9.01. The Morgan fingerprint density at radius 2 is 2.20 bits per heavy atom. The number of aromatic nitrogens is 1. The summed E-state index contributed by atoms with van der Waals surface area (Å²) < 4.78 is 0. The predicted molar refractivity (Wildman–Crippen MR) is 61.7 cm³/mol. The molecule has 3 heteroatoms. The monoisotopic (exact) mass is 203 g/mol. The fraction of sp³-hybridized carbons (Fsp3) is 0.583. The summed E-state index contributed by atoms with van der Waals surface area (Å²) in [6, 6.07) is 6.67. The van der Waals surface area contributed by atoms with Crippen LogP contribution in [0.1, 0.15) is 25.7 Å². The Morgan fingerprint density at radius 3 is 3.07 bits per heavy atom. The topological polar surface area (TPSA) is 42.1 Å². The minimum Gasteiger partial charge on any atom is -0.384 e. The second-order valence-electron chi connectivity index (χ2n) is 4.66. The smallest absolute Gasteiger partial charge is 0.131 e. The van der Waals surface area contributed by atoms with Crippen LogP contribution in [-0.2, 0) is 0 Å². The molecule has 0 aromatic carbocycles. The van der Waals surface area contributed by atoms with E-state index in [0.29, 0.717) is 5.82 Å². The van der Waals surface area contributed by atoms with E-state index in [0.717, 1.165) is 24.3 Å². The van der Waals surface area contributed by atoms with Gasteiger partial charge in [-0.15, -0.1) is 0 Å². The first-order valence-electron chi connectivity index (χ1n) is 5.84. The van der Waals surface area contributed by atoms with E-state index in [1.54, 1.807) is 0 Å². The average Bonchev–Trinajstić information content (AvgIpc) is 2.77. The number of rotatable bonds is 1. The quantitative estimate of drug-likeness (QED) is 0.759. The van der Waals surface area contributed by atoms with E-state index in [-0.39, 0.29) is 0 Å². The highest BCUT2D eigenvalue weighted by atomic mass is 15.2. The number of fused-ring (bicyclic) bond motifs is 1. The van der Waals surface area contributed by atoms with E-state index in [9.17, 15) is 0 Å². The number of hydrogen-bond acceptors (Lipinski definition) is 3. The van der Waals surface area contributed by atoms with Gasteiger partial charge in [0.1, 0.15) is 11.6 Å². The van der Waals surface area contributed by atoms with Gasteiger partial charge < -0.3 is 10.6 Å². The third kappa shape index (κ3) is 1.46. The van der Waals surface area contributed by atoms with Crippen molar-refractivity contribution in [1.29, 1.82) is 0 Å². The summed E-state index contributed by atoms with van der Waals surface area (Å²) in [4.78, 5) is 6.87. The molecule has 0 bridgehead atoms. The van der Waals surface area contributed by atoms with Gasteiger partial charge in [-0.3, -0.25) is 0 Å². The van der Waals surface area contributed by atoms with Gasteiger partial charge >= 0.3 is 0 Å². The van der Waals surface area contributed by atoms with Crippen molar-refractivity contribution >= 4 is 11.6 Å². The Hall–Kier alpha value is -1.25. The zero-order chi connectivity index (χ0) is 10.3. The maximum atomic E-state index is 5.73. The average molecular weight is 203 g/mol. The Morgan fingerprint density at radius 1 is 1.27 bits per heavy atom. The molecule has 0 spiro atoms. The standard InChI is InChI=1S/C12H17N3/c13-11-5-2-6-12(14-11)15-8-7-9-3-1-4-10(9)15/h2,5-6,9-10H,1,3-4,7-8H2,(H2,13,14). The summed E-state index contributed by atoms with van der Waals surface area (Å²) in [5.74, 6) is 2.62. The van der Waals surface area contributed by atoms with Crippen molar-refractivity contribution in [3.8, 4) is 0 Å². The molecule has 1 saturated heterocycles. The summed E-state index contributed by atoms with van der Waals surface area (Å²) in [6.45, 7) is 1.16. The molecule has 0 radical (unpaired) electrons. The molecule has 2 fully saturated rings. The summed E-state index contributed by atoms with van der Waals surface area (Å²) in [6.07, 6.45) is 5.46. The minimum atomic E-state index is 0.633. The third-order valence-electron chi connectivity index (χ3n) is 3.81. The van der Waals surface area contributed by atoms with Crippen LogP contribution in [0.5, 0.6) is 0 Å². The lowest BCUT2D eigenvalue weighted by Crippen LogP contribution is -2.30. The molecule has 1 aromatic rings. The van der Waals surface area contributed by atoms with Gasteiger partial charge in [0.15, 0.2) is 0 Å². The van der Waals surface area contributed by atoms with Gasteiger partial charge in [0.05, 0.1) is 0 Å². The number of nitrogens with zero attached hydrogens (tertiary/aromatic N) is 2. The van der Waals surface area contributed by atoms with Crippen LogP contribution < -0.4 is 10.6 Å².